The molecule has 3 aromatic rings. The maximum Gasteiger partial charge on any atom is 0.343 e. The van der Waals surface area contributed by atoms with Crippen LogP contribution in [0.3, 0.4) is 0 Å². The van der Waals surface area contributed by atoms with Gasteiger partial charge in [-0.2, -0.15) is 5.26 Å². The third-order valence-corrected chi connectivity index (χ3v) is 5.16. The highest BCUT2D eigenvalue weighted by atomic mass is 35.5. The van der Waals surface area contributed by atoms with E-state index in [9.17, 15) is 14.9 Å². The number of nitriles is 1. The Labute approximate surface area is 196 Å². The zero-order valence-electron chi connectivity index (χ0n) is 18.0. The van der Waals surface area contributed by atoms with E-state index in [-0.39, 0.29) is 17.9 Å². The van der Waals surface area contributed by atoms with E-state index in [0.29, 0.717) is 22.0 Å². The summed E-state index contributed by atoms with van der Waals surface area (Å²) in [4.78, 5) is 24.1. The van der Waals surface area contributed by atoms with Gasteiger partial charge in [-0.05, 0) is 41.5 Å². The van der Waals surface area contributed by atoms with Crippen molar-refractivity contribution in [3.63, 3.8) is 0 Å². The molecule has 1 atom stereocenters. The van der Waals surface area contributed by atoms with E-state index in [1.165, 1.54) is 20.3 Å². The SMILES string of the molecule is COC(=O)COc1cc(C(=O)Nc2ccc(C(C#N)c3ccccc3)c(Cl)c2)ccc1OC. The second-order valence-electron chi connectivity index (χ2n) is 6.89. The van der Waals surface area contributed by atoms with Crippen LogP contribution < -0.4 is 14.8 Å². The fraction of sp³-hybridized carbons (Fsp3) is 0.160. The lowest BCUT2D eigenvalue weighted by atomic mass is 9.92. The van der Waals surface area contributed by atoms with Gasteiger partial charge in [0.25, 0.3) is 5.91 Å². The number of anilines is 1. The molecule has 1 amide bonds. The zero-order valence-corrected chi connectivity index (χ0v) is 18.8. The highest BCUT2D eigenvalue weighted by Gasteiger charge is 2.18. The molecule has 0 spiro atoms. The summed E-state index contributed by atoms with van der Waals surface area (Å²) in [7, 11) is 2.70. The average molecular weight is 465 g/mol. The van der Waals surface area contributed by atoms with Crippen LogP contribution >= 0.6 is 11.6 Å². The quantitative estimate of drug-likeness (QED) is 0.480. The van der Waals surface area contributed by atoms with Crippen molar-refractivity contribution in [1.82, 2.24) is 0 Å². The van der Waals surface area contributed by atoms with E-state index >= 15 is 0 Å². The van der Waals surface area contributed by atoms with Gasteiger partial charge in [0, 0.05) is 16.3 Å². The van der Waals surface area contributed by atoms with Crippen LogP contribution in [0.5, 0.6) is 11.5 Å². The van der Waals surface area contributed by atoms with Crippen LogP contribution in [0.1, 0.15) is 27.4 Å². The first kappa shape index (κ1) is 23.6. The summed E-state index contributed by atoms with van der Waals surface area (Å²) in [5.41, 5.74) is 2.23. The molecule has 0 bridgehead atoms. The lowest BCUT2D eigenvalue weighted by molar-refractivity contribution is -0.142. The number of nitrogens with zero attached hydrogens (tertiary/aromatic N) is 1. The summed E-state index contributed by atoms with van der Waals surface area (Å²) < 4.78 is 15.2. The molecule has 0 radical (unpaired) electrons. The zero-order chi connectivity index (χ0) is 23.8. The van der Waals surface area contributed by atoms with Crippen molar-refractivity contribution in [3.05, 3.63) is 88.4 Å². The predicted octanol–water partition coefficient (Wildman–Crippen LogP) is 4.81. The van der Waals surface area contributed by atoms with Gasteiger partial charge in [0.2, 0.25) is 0 Å². The van der Waals surface area contributed by atoms with Crippen LogP contribution in [0, 0.1) is 11.3 Å². The topological polar surface area (TPSA) is 97.6 Å². The predicted molar refractivity (Wildman–Crippen MR) is 124 cm³/mol. The first-order valence-electron chi connectivity index (χ1n) is 9.89. The van der Waals surface area contributed by atoms with Gasteiger partial charge in [0.1, 0.15) is 0 Å². The molecule has 7 nitrogen and oxygen atoms in total. The molecule has 0 fully saturated rings. The number of esters is 1. The summed E-state index contributed by atoms with van der Waals surface area (Å²) in [6.45, 7) is -0.323. The molecule has 33 heavy (non-hydrogen) atoms. The highest BCUT2D eigenvalue weighted by Crippen LogP contribution is 2.32. The molecule has 0 aliphatic carbocycles. The second kappa shape index (κ2) is 11.0. The van der Waals surface area contributed by atoms with Crippen molar-refractivity contribution in [2.75, 3.05) is 26.1 Å². The molecule has 0 aromatic heterocycles. The largest absolute Gasteiger partial charge is 0.493 e. The van der Waals surface area contributed by atoms with Gasteiger partial charge in [-0.3, -0.25) is 4.79 Å². The Morgan fingerprint density at radius 3 is 2.42 bits per heavy atom. The molecule has 1 unspecified atom stereocenters. The van der Waals surface area contributed by atoms with Gasteiger partial charge >= 0.3 is 5.97 Å². The van der Waals surface area contributed by atoms with E-state index in [1.807, 2.05) is 30.3 Å². The van der Waals surface area contributed by atoms with Crippen LogP contribution in [-0.2, 0) is 9.53 Å². The third kappa shape index (κ3) is 5.82. The fourth-order valence-corrected chi connectivity index (χ4v) is 3.43. The number of amides is 1. The number of halogens is 1. The summed E-state index contributed by atoms with van der Waals surface area (Å²) in [6.07, 6.45) is 0. The molecule has 0 aliphatic rings. The molecular weight excluding hydrogens is 444 g/mol. The lowest BCUT2D eigenvalue weighted by Gasteiger charge is -2.14. The second-order valence-corrected chi connectivity index (χ2v) is 7.30. The van der Waals surface area contributed by atoms with Crippen LogP contribution in [0.25, 0.3) is 0 Å². The summed E-state index contributed by atoms with van der Waals surface area (Å²) >= 11 is 6.45. The number of carbonyl (C=O) groups excluding carboxylic acids is 2. The first-order valence-corrected chi connectivity index (χ1v) is 10.3. The molecule has 1 N–H and O–H groups in total. The van der Waals surface area contributed by atoms with Crippen molar-refractivity contribution in [3.8, 4) is 17.6 Å². The number of rotatable bonds is 8. The van der Waals surface area contributed by atoms with Crippen molar-refractivity contribution in [2.24, 2.45) is 0 Å². The minimum Gasteiger partial charge on any atom is -0.493 e. The van der Waals surface area contributed by atoms with E-state index in [2.05, 4.69) is 16.1 Å². The maximum absolute atomic E-state index is 12.8. The smallest absolute Gasteiger partial charge is 0.343 e. The van der Waals surface area contributed by atoms with Gasteiger partial charge in [0.15, 0.2) is 18.1 Å². The van der Waals surface area contributed by atoms with Gasteiger partial charge in [0.05, 0.1) is 26.2 Å². The lowest BCUT2D eigenvalue weighted by Crippen LogP contribution is -2.15. The van der Waals surface area contributed by atoms with Gasteiger partial charge in [-0.1, -0.05) is 48.0 Å². The molecule has 0 saturated carbocycles. The monoisotopic (exact) mass is 464 g/mol. The Bertz CT molecular complexity index is 1190. The highest BCUT2D eigenvalue weighted by molar-refractivity contribution is 6.32. The van der Waals surface area contributed by atoms with Crippen LogP contribution in [0.2, 0.25) is 5.02 Å². The molecule has 168 valence electrons. The van der Waals surface area contributed by atoms with E-state index in [0.717, 1.165) is 5.56 Å². The molecule has 3 rings (SSSR count). The number of ether oxygens (including phenoxy) is 3. The number of benzene rings is 3. The molecule has 0 saturated heterocycles. The Morgan fingerprint density at radius 1 is 1.03 bits per heavy atom. The maximum atomic E-state index is 12.8. The number of carbonyl (C=O) groups is 2. The minimum absolute atomic E-state index is 0.226. The Balaban J connectivity index is 1.78. The molecule has 0 aliphatic heterocycles. The Kier molecular flexibility index (Phi) is 7.90. The normalized spacial score (nSPS) is 11.1. The van der Waals surface area contributed by atoms with Gasteiger partial charge in [-0.25, -0.2) is 4.79 Å². The third-order valence-electron chi connectivity index (χ3n) is 4.83. The number of nitrogens with one attached hydrogen (secondary N) is 1. The standard InChI is InChI=1S/C25H21ClN2O5/c1-31-22-11-8-17(12-23(22)33-15-24(29)32-2)25(30)28-18-9-10-19(21(26)13-18)20(14-27)16-6-4-3-5-7-16/h3-13,20H,15H2,1-2H3,(H,28,30). The Morgan fingerprint density at radius 2 is 1.79 bits per heavy atom. The van der Waals surface area contributed by atoms with Gasteiger partial charge < -0.3 is 19.5 Å². The molecular formula is C25H21ClN2O5. The van der Waals surface area contributed by atoms with E-state index in [1.54, 1.807) is 30.3 Å². The minimum atomic E-state index is -0.562. The van der Waals surface area contributed by atoms with Crippen LogP contribution in [0.4, 0.5) is 5.69 Å². The molecule has 3 aromatic carbocycles. The van der Waals surface area contributed by atoms with Gasteiger partial charge in [-0.15, -0.1) is 0 Å². The van der Waals surface area contributed by atoms with Crippen molar-refractivity contribution in [2.45, 2.75) is 5.92 Å². The van der Waals surface area contributed by atoms with E-state index in [4.69, 9.17) is 21.1 Å². The summed E-state index contributed by atoms with van der Waals surface area (Å²) in [5.74, 6) is -0.911. The fourth-order valence-electron chi connectivity index (χ4n) is 3.14. The van der Waals surface area contributed by atoms with Crippen molar-refractivity contribution < 1.29 is 23.8 Å². The number of hydrogen-bond acceptors (Lipinski definition) is 6. The summed E-state index contributed by atoms with van der Waals surface area (Å²) in [6, 6.07) is 21.2. The number of methoxy groups -OCH3 is 2. The van der Waals surface area contributed by atoms with E-state index < -0.39 is 17.8 Å². The van der Waals surface area contributed by atoms with Crippen molar-refractivity contribution >= 4 is 29.2 Å². The summed E-state index contributed by atoms with van der Waals surface area (Å²) in [5, 5.41) is 12.8. The Hall–Kier alpha value is -4.02. The number of hydrogen-bond donors (Lipinski definition) is 1. The first-order chi connectivity index (χ1) is 16.0. The molecule has 8 heteroatoms. The average Bonchev–Trinajstić information content (AvgIpc) is 2.84. The van der Waals surface area contributed by atoms with Crippen molar-refractivity contribution in [1.29, 1.82) is 5.26 Å². The van der Waals surface area contributed by atoms with Crippen LogP contribution in [-0.4, -0.2) is 32.7 Å². The molecule has 0 heterocycles. The van der Waals surface area contributed by atoms with Crippen LogP contribution in [0.15, 0.2) is 66.7 Å².